The van der Waals surface area contributed by atoms with Crippen molar-refractivity contribution in [2.75, 3.05) is 6.61 Å². The highest BCUT2D eigenvalue weighted by molar-refractivity contribution is 7.80. The first-order valence-electron chi connectivity index (χ1n) is 5.99. The summed E-state index contributed by atoms with van der Waals surface area (Å²) in [4.78, 5) is 12.1. The number of halogens is 1. The number of hydrogen-bond donors (Lipinski definition) is 2. The maximum atomic E-state index is 13.0. The second-order valence-electron chi connectivity index (χ2n) is 4.48. The molecular weight excluding hydrogens is 253 g/mol. The Bertz CT molecular complexity index is 447. The molecule has 3 nitrogen and oxygen atoms in total. The molecule has 1 N–H and O–H groups in total. The normalized spacial score (nSPS) is 20.7. The summed E-state index contributed by atoms with van der Waals surface area (Å²) in [5.74, 6) is -0.657. The van der Waals surface area contributed by atoms with Crippen molar-refractivity contribution in [3.8, 4) is 0 Å². The Morgan fingerprint density at radius 1 is 1.61 bits per heavy atom. The zero-order valence-corrected chi connectivity index (χ0v) is 11.0. The largest absolute Gasteiger partial charge is 0.376 e. The van der Waals surface area contributed by atoms with Gasteiger partial charge < -0.3 is 10.1 Å². The number of hydrogen-bond acceptors (Lipinski definition) is 3. The summed E-state index contributed by atoms with van der Waals surface area (Å²) >= 11 is 3.96. The third-order valence-corrected chi connectivity index (χ3v) is 3.43. The van der Waals surface area contributed by atoms with Gasteiger partial charge in [-0.1, -0.05) is 0 Å². The fourth-order valence-corrected chi connectivity index (χ4v) is 2.25. The van der Waals surface area contributed by atoms with Gasteiger partial charge in [-0.15, -0.1) is 12.6 Å². The van der Waals surface area contributed by atoms with E-state index in [4.69, 9.17) is 4.74 Å². The highest BCUT2D eigenvalue weighted by Gasteiger charge is 2.24. The molecule has 0 bridgehead atoms. The minimum atomic E-state index is -0.429. The quantitative estimate of drug-likeness (QED) is 0.827. The van der Waals surface area contributed by atoms with Gasteiger partial charge in [0, 0.05) is 17.1 Å². The molecule has 2 unspecified atom stereocenters. The number of thiol groups is 1. The van der Waals surface area contributed by atoms with E-state index in [9.17, 15) is 9.18 Å². The van der Waals surface area contributed by atoms with Crippen LogP contribution in [0.1, 0.15) is 30.1 Å². The molecule has 5 heteroatoms. The molecule has 1 aliphatic heterocycles. The molecule has 1 fully saturated rings. The van der Waals surface area contributed by atoms with Crippen molar-refractivity contribution < 1.29 is 13.9 Å². The average Bonchev–Trinajstić information content (AvgIpc) is 2.86. The van der Waals surface area contributed by atoms with E-state index in [0.29, 0.717) is 5.56 Å². The van der Waals surface area contributed by atoms with E-state index in [1.165, 1.54) is 18.2 Å². The minimum absolute atomic E-state index is 0.0478. The van der Waals surface area contributed by atoms with E-state index < -0.39 is 5.82 Å². The molecule has 2 rings (SSSR count). The number of carbonyl (C=O) groups excluding carboxylic acids is 1. The van der Waals surface area contributed by atoms with Crippen molar-refractivity contribution in [1.82, 2.24) is 5.32 Å². The highest BCUT2D eigenvalue weighted by Crippen LogP contribution is 2.17. The predicted octanol–water partition coefficient (Wildman–Crippen LogP) is 2.41. The van der Waals surface area contributed by atoms with Gasteiger partial charge in [0.05, 0.1) is 12.1 Å². The number of rotatable bonds is 3. The Morgan fingerprint density at radius 2 is 2.39 bits per heavy atom. The van der Waals surface area contributed by atoms with Gasteiger partial charge in [0.2, 0.25) is 0 Å². The van der Waals surface area contributed by atoms with E-state index in [1.54, 1.807) is 0 Å². The lowest BCUT2D eigenvalue weighted by Crippen LogP contribution is -2.40. The Kier molecular flexibility index (Phi) is 4.24. The number of ether oxygens (including phenoxy) is 1. The SMILES string of the molecule is CC(NC(=O)c1ccc(F)c(S)c1)C1CCCO1. The van der Waals surface area contributed by atoms with Gasteiger partial charge in [0.25, 0.3) is 5.91 Å². The van der Waals surface area contributed by atoms with Crippen LogP contribution >= 0.6 is 12.6 Å². The van der Waals surface area contributed by atoms with Gasteiger partial charge in [-0.25, -0.2) is 4.39 Å². The summed E-state index contributed by atoms with van der Waals surface area (Å²) in [6.07, 6.45) is 2.06. The van der Waals surface area contributed by atoms with Crippen LogP contribution in [0.4, 0.5) is 4.39 Å². The van der Waals surface area contributed by atoms with Crippen LogP contribution in [-0.4, -0.2) is 24.7 Å². The second-order valence-corrected chi connectivity index (χ2v) is 4.96. The molecule has 0 aromatic heterocycles. The van der Waals surface area contributed by atoms with Gasteiger partial charge in [-0.3, -0.25) is 4.79 Å². The lowest BCUT2D eigenvalue weighted by atomic mass is 10.1. The van der Waals surface area contributed by atoms with E-state index >= 15 is 0 Å². The summed E-state index contributed by atoms with van der Waals surface area (Å²) in [6, 6.07) is 4.07. The van der Waals surface area contributed by atoms with E-state index in [2.05, 4.69) is 17.9 Å². The lowest BCUT2D eigenvalue weighted by Gasteiger charge is -2.20. The molecule has 0 saturated carbocycles. The Balaban J connectivity index is 2.00. The molecule has 1 saturated heterocycles. The maximum absolute atomic E-state index is 13.0. The van der Waals surface area contributed by atoms with Gasteiger partial charge in [0.1, 0.15) is 5.82 Å². The second kappa shape index (κ2) is 5.71. The molecule has 0 radical (unpaired) electrons. The van der Waals surface area contributed by atoms with Gasteiger partial charge in [0.15, 0.2) is 0 Å². The summed E-state index contributed by atoms with van der Waals surface area (Å²) in [7, 11) is 0. The molecule has 1 aromatic rings. The standard InChI is InChI=1S/C13H16FNO2S/c1-8(11-3-2-6-17-11)15-13(16)9-4-5-10(14)12(18)7-9/h4-5,7-8,11,18H,2-3,6H2,1H3,(H,15,16). The van der Waals surface area contributed by atoms with Crippen LogP contribution in [0, 0.1) is 5.82 Å². The zero-order chi connectivity index (χ0) is 13.1. The molecule has 1 heterocycles. The number of carbonyl (C=O) groups is 1. The Labute approximate surface area is 111 Å². The molecule has 1 aromatic carbocycles. The predicted molar refractivity (Wildman–Crippen MR) is 69.6 cm³/mol. The van der Waals surface area contributed by atoms with Crippen LogP contribution in [0.5, 0.6) is 0 Å². The first-order chi connectivity index (χ1) is 8.58. The number of benzene rings is 1. The zero-order valence-electron chi connectivity index (χ0n) is 10.1. The lowest BCUT2D eigenvalue weighted by molar-refractivity contribution is 0.0712. The van der Waals surface area contributed by atoms with Crippen LogP contribution in [0.2, 0.25) is 0 Å². The Hall–Kier alpha value is -1.07. The molecular formula is C13H16FNO2S. The molecule has 98 valence electrons. The fraction of sp³-hybridized carbons (Fsp3) is 0.462. The van der Waals surface area contributed by atoms with Crippen LogP contribution in [-0.2, 0) is 4.74 Å². The number of nitrogens with one attached hydrogen (secondary N) is 1. The molecule has 1 amide bonds. The fourth-order valence-electron chi connectivity index (χ4n) is 2.03. The van der Waals surface area contributed by atoms with Crippen molar-refractivity contribution in [1.29, 1.82) is 0 Å². The van der Waals surface area contributed by atoms with E-state index in [0.717, 1.165) is 19.4 Å². The summed E-state index contributed by atoms with van der Waals surface area (Å²) in [6.45, 7) is 2.67. The van der Waals surface area contributed by atoms with Crippen LogP contribution < -0.4 is 5.32 Å². The van der Waals surface area contributed by atoms with E-state index in [-0.39, 0.29) is 22.9 Å². The monoisotopic (exact) mass is 269 g/mol. The van der Waals surface area contributed by atoms with Crippen molar-refractivity contribution in [3.63, 3.8) is 0 Å². The maximum Gasteiger partial charge on any atom is 0.251 e. The van der Waals surface area contributed by atoms with Crippen LogP contribution in [0.15, 0.2) is 23.1 Å². The van der Waals surface area contributed by atoms with Gasteiger partial charge >= 0.3 is 0 Å². The third kappa shape index (κ3) is 3.03. The average molecular weight is 269 g/mol. The number of amides is 1. The topological polar surface area (TPSA) is 38.3 Å². The molecule has 2 atom stereocenters. The summed E-state index contributed by atoms with van der Waals surface area (Å²) < 4.78 is 18.5. The van der Waals surface area contributed by atoms with Crippen LogP contribution in [0.3, 0.4) is 0 Å². The van der Waals surface area contributed by atoms with Crippen LogP contribution in [0.25, 0.3) is 0 Å². The van der Waals surface area contributed by atoms with Crippen molar-refractivity contribution >= 4 is 18.5 Å². The van der Waals surface area contributed by atoms with Crippen molar-refractivity contribution in [2.45, 2.75) is 36.8 Å². The highest BCUT2D eigenvalue weighted by atomic mass is 32.1. The van der Waals surface area contributed by atoms with Crippen molar-refractivity contribution in [3.05, 3.63) is 29.6 Å². The van der Waals surface area contributed by atoms with Crippen molar-refractivity contribution in [2.24, 2.45) is 0 Å². The van der Waals surface area contributed by atoms with Gasteiger partial charge in [-0.2, -0.15) is 0 Å². The molecule has 0 aliphatic carbocycles. The molecule has 18 heavy (non-hydrogen) atoms. The molecule has 0 spiro atoms. The molecule has 1 aliphatic rings. The minimum Gasteiger partial charge on any atom is -0.376 e. The smallest absolute Gasteiger partial charge is 0.251 e. The van der Waals surface area contributed by atoms with E-state index in [1.807, 2.05) is 6.92 Å². The first-order valence-corrected chi connectivity index (χ1v) is 6.43. The third-order valence-electron chi connectivity index (χ3n) is 3.09. The summed E-state index contributed by atoms with van der Waals surface area (Å²) in [5, 5.41) is 2.86. The van der Waals surface area contributed by atoms with Gasteiger partial charge in [-0.05, 0) is 38.0 Å². The summed E-state index contributed by atoms with van der Waals surface area (Å²) in [5.41, 5.74) is 0.409. The Morgan fingerprint density at radius 3 is 3.00 bits per heavy atom. The first kappa shape index (κ1) is 13.4.